The molecule has 2 heterocycles. The van der Waals surface area contributed by atoms with Gasteiger partial charge in [0.25, 0.3) is 0 Å². The van der Waals surface area contributed by atoms with Crippen molar-refractivity contribution >= 4 is 5.97 Å². The monoisotopic (exact) mass is 858 g/mol. The molecule has 0 bridgehead atoms. The molecule has 2 aromatic heterocycles. The van der Waals surface area contributed by atoms with E-state index in [1.807, 2.05) is 0 Å². The molecular weight excluding hydrogens is 824 g/mol. The summed E-state index contributed by atoms with van der Waals surface area (Å²) in [6.07, 6.45) is -5.11. The Labute approximate surface area is 340 Å². The summed E-state index contributed by atoms with van der Waals surface area (Å²) in [6.45, 7) is 1.06. The summed E-state index contributed by atoms with van der Waals surface area (Å²) in [5, 5.41) is 67.6. The summed E-state index contributed by atoms with van der Waals surface area (Å²) in [6, 6.07) is 14.3. The number of hydrogen-bond donors (Lipinski definition) is 6. The molecule has 3 unspecified atom stereocenters. The fourth-order valence-corrected chi connectivity index (χ4v) is 7.68. The van der Waals surface area contributed by atoms with Gasteiger partial charge in [0.15, 0.2) is 5.54 Å². The van der Waals surface area contributed by atoms with Gasteiger partial charge in [0.2, 0.25) is 11.2 Å². The van der Waals surface area contributed by atoms with Crippen LogP contribution in [0, 0.1) is 11.6 Å². The van der Waals surface area contributed by atoms with E-state index in [2.05, 4.69) is 10.2 Å². The fraction of sp³-hybridized carbons (Fsp3) is 0.262. The zero-order valence-electron chi connectivity index (χ0n) is 31.8. The number of aliphatic hydroxyl groups is 5. The van der Waals surface area contributed by atoms with Crippen molar-refractivity contribution in [3.63, 3.8) is 0 Å². The summed E-state index contributed by atoms with van der Waals surface area (Å²) in [7, 11) is 0. The van der Waals surface area contributed by atoms with Crippen molar-refractivity contribution < 1.29 is 70.6 Å². The van der Waals surface area contributed by atoms with Crippen LogP contribution in [0.5, 0.6) is 0 Å². The first-order chi connectivity index (χ1) is 28.5. The average Bonchev–Trinajstić information content (AvgIpc) is 4.02. The molecule has 0 fully saturated rings. The van der Waals surface area contributed by atoms with E-state index < -0.39 is 88.7 Å². The Kier molecular flexibility index (Phi) is 10.3. The van der Waals surface area contributed by atoms with Crippen molar-refractivity contribution in [2.24, 2.45) is 0 Å². The molecule has 0 saturated carbocycles. The normalized spacial score (nSPS) is 19.0. The highest BCUT2D eigenvalue weighted by atomic mass is 19.4. The molecule has 0 spiro atoms. The number of aliphatic carboxylic acids is 1. The highest BCUT2D eigenvalue weighted by Crippen LogP contribution is 2.59. The van der Waals surface area contributed by atoms with Crippen LogP contribution in [0.2, 0.25) is 0 Å². The Morgan fingerprint density at radius 3 is 1.38 bits per heavy atom. The van der Waals surface area contributed by atoms with Crippen LogP contribution < -0.4 is 0 Å². The van der Waals surface area contributed by atoms with Crippen molar-refractivity contribution in [3.05, 3.63) is 131 Å². The van der Waals surface area contributed by atoms with Gasteiger partial charge in [0, 0.05) is 45.8 Å². The molecule has 4 aromatic carbocycles. The third-order valence-electron chi connectivity index (χ3n) is 11.3. The Hall–Kier alpha value is -5.99. The van der Waals surface area contributed by atoms with Crippen LogP contribution >= 0.6 is 0 Å². The van der Waals surface area contributed by atoms with Crippen molar-refractivity contribution in [1.82, 2.24) is 19.6 Å². The van der Waals surface area contributed by atoms with E-state index in [0.29, 0.717) is 12.1 Å². The first-order valence-corrected chi connectivity index (χ1v) is 18.1. The summed E-state index contributed by atoms with van der Waals surface area (Å²) in [4.78, 5) is 11.6. The molecule has 11 nitrogen and oxygen atoms in total. The van der Waals surface area contributed by atoms with E-state index in [1.54, 1.807) is 0 Å². The van der Waals surface area contributed by atoms with E-state index in [1.165, 1.54) is 85.8 Å². The van der Waals surface area contributed by atoms with Gasteiger partial charge in [-0.15, -0.1) is 0 Å². The first-order valence-electron chi connectivity index (χ1n) is 18.1. The smallest absolute Gasteiger partial charge is 0.425 e. The summed E-state index contributed by atoms with van der Waals surface area (Å²) in [5.41, 5.74) is -11.0. The van der Waals surface area contributed by atoms with Crippen molar-refractivity contribution in [2.45, 2.75) is 48.5 Å². The third kappa shape index (κ3) is 6.41. The van der Waals surface area contributed by atoms with Crippen LogP contribution in [-0.4, -0.2) is 88.3 Å². The first kappa shape index (κ1) is 43.1. The number of carboxylic acid groups (broad SMARTS) is 1. The molecule has 320 valence electrons. The van der Waals surface area contributed by atoms with Gasteiger partial charge in [-0.05, 0) is 71.5 Å². The molecule has 61 heavy (non-hydrogen) atoms. The molecule has 0 radical (unpaired) electrons. The lowest BCUT2D eigenvalue weighted by Gasteiger charge is -2.28. The van der Waals surface area contributed by atoms with Crippen LogP contribution in [0.1, 0.15) is 36.1 Å². The van der Waals surface area contributed by atoms with E-state index in [9.17, 15) is 70.6 Å². The molecule has 0 amide bonds. The number of hydrogen-bond acceptors (Lipinski definition) is 8. The number of aliphatic hydroxyl groups excluding tert-OH is 3. The number of rotatable bonds is 8. The van der Waals surface area contributed by atoms with Crippen molar-refractivity contribution in [3.8, 4) is 44.5 Å². The van der Waals surface area contributed by atoms with E-state index in [4.69, 9.17) is 0 Å². The minimum Gasteiger partial charge on any atom is -0.479 e. The number of aromatic nitrogens is 4. The molecule has 8 rings (SSSR count). The summed E-state index contributed by atoms with van der Waals surface area (Å²) >= 11 is 0. The number of benzene rings is 4. The quantitative estimate of drug-likeness (QED) is 0.0944. The minimum absolute atomic E-state index is 0.000413. The van der Waals surface area contributed by atoms with Crippen LogP contribution in [0.25, 0.3) is 44.5 Å². The predicted octanol–water partition coefficient (Wildman–Crippen LogP) is 6.43. The average molecular weight is 859 g/mol. The van der Waals surface area contributed by atoms with Gasteiger partial charge < -0.3 is 30.6 Å². The number of alkyl halides is 6. The maximum atomic E-state index is 14.5. The topological polar surface area (TPSA) is 174 Å². The second-order valence-electron chi connectivity index (χ2n) is 15.2. The molecular formula is C42H34F8N4O7. The maximum Gasteiger partial charge on any atom is 0.425 e. The van der Waals surface area contributed by atoms with Crippen molar-refractivity contribution in [2.75, 3.05) is 19.8 Å². The van der Waals surface area contributed by atoms with Gasteiger partial charge in [-0.2, -0.15) is 36.5 Å². The lowest BCUT2D eigenvalue weighted by atomic mass is 9.89. The zero-order chi connectivity index (χ0) is 44.7. The van der Waals surface area contributed by atoms with Gasteiger partial charge in [0.05, 0.1) is 32.2 Å². The molecule has 3 atom stereocenters. The lowest BCUT2D eigenvalue weighted by molar-refractivity contribution is -0.247. The third-order valence-corrected chi connectivity index (χ3v) is 11.3. The molecule has 6 N–H and O–H groups in total. The van der Waals surface area contributed by atoms with Crippen LogP contribution in [0.15, 0.2) is 97.6 Å². The fourth-order valence-electron chi connectivity index (χ4n) is 7.68. The van der Waals surface area contributed by atoms with Crippen LogP contribution in [0.4, 0.5) is 35.1 Å². The van der Waals surface area contributed by atoms with E-state index in [0.717, 1.165) is 22.9 Å². The zero-order valence-corrected chi connectivity index (χ0v) is 31.8. The standard InChI is InChI=1S/C21H16F4N2O4.C21H18F4N2O3/c1-19(10-28,18(29)30)27-9-11(8-26-27)14-6-12(22)7-16-17(14)13-4-2-3-5-15(13)20(16,31)21(23,24)25;1-19(10-28,11-29)27-9-12(8-26-27)15-6-13(22)7-17-18(15)14-4-2-3-5-16(14)20(17,30)21(23,24)25/h2-9,28,31H,10H2,1H3,(H,29,30);2-9,28-30H,10-11H2,1H3. The SMILES string of the molecule is CC(CO)(C(=O)O)n1cc(-c2cc(F)cc3c2-c2ccccc2C3(O)C(F)(F)F)cn1.CC(CO)(CO)n1cc(-c2cc(F)cc3c2-c2ccccc2C3(O)C(F)(F)F)cn1. The molecule has 0 saturated heterocycles. The summed E-state index contributed by atoms with van der Waals surface area (Å²) in [5.74, 6) is -3.34. The predicted molar refractivity (Wildman–Crippen MR) is 200 cm³/mol. The number of nitrogens with zero attached hydrogens (tertiary/aromatic N) is 4. The highest BCUT2D eigenvalue weighted by Gasteiger charge is 2.62. The van der Waals surface area contributed by atoms with Gasteiger partial charge in [-0.3, -0.25) is 9.36 Å². The number of fused-ring (bicyclic) bond motifs is 6. The highest BCUT2D eigenvalue weighted by molar-refractivity contribution is 5.93. The van der Waals surface area contributed by atoms with Gasteiger partial charge in [0.1, 0.15) is 17.2 Å². The largest absolute Gasteiger partial charge is 0.479 e. The molecule has 19 heteroatoms. The Morgan fingerprint density at radius 1 is 0.607 bits per heavy atom. The number of carbonyl (C=O) groups is 1. The van der Waals surface area contributed by atoms with Crippen LogP contribution in [0.3, 0.4) is 0 Å². The van der Waals surface area contributed by atoms with E-state index in [-0.39, 0.29) is 50.1 Å². The summed E-state index contributed by atoms with van der Waals surface area (Å²) < 4.78 is 115. The minimum atomic E-state index is -5.12. The number of carboxylic acids is 1. The molecule has 2 aliphatic carbocycles. The molecule has 6 aromatic rings. The lowest BCUT2D eigenvalue weighted by Crippen LogP contribution is -2.42. The van der Waals surface area contributed by atoms with Gasteiger partial charge in [-0.25, -0.2) is 13.6 Å². The Bertz CT molecular complexity index is 2690. The van der Waals surface area contributed by atoms with E-state index >= 15 is 0 Å². The van der Waals surface area contributed by atoms with Crippen molar-refractivity contribution in [1.29, 1.82) is 0 Å². The molecule has 0 aliphatic heterocycles. The maximum absolute atomic E-state index is 14.5. The van der Waals surface area contributed by atoms with Gasteiger partial charge in [-0.1, -0.05) is 48.5 Å². The number of halogens is 8. The Morgan fingerprint density at radius 2 is 1.00 bits per heavy atom. The van der Waals surface area contributed by atoms with Gasteiger partial charge >= 0.3 is 18.3 Å². The molecule has 2 aliphatic rings. The second-order valence-corrected chi connectivity index (χ2v) is 15.2. The van der Waals surface area contributed by atoms with Crippen LogP contribution in [-0.2, 0) is 27.1 Å². The second kappa shape index (κ2) is 14.6. The Balaban J connectivity index is 0.000000184.